The summed E-state index contributed by atoms with van der Waals surface area (Å²) in [5, 5.41) is 0. The lowest BCUT2D eigenvalue weighted by atomic mass is 10.4. The largest absolute Gasteiger partial charge is 0.744 e. The normalized spacial score (nSPS) is 11.0. The van der Waals surface area contributed by atoms with E-state index in [0.717, 1.165) is 0 Å². The van der Waals surface area contributed by atoms with Gasteiger partial charge in [-0.1, -0.05) is 6.92 Å². The maximum atomic E-state index is 10.2. The zero-order valence-electron chi connectivity index (χ0n) is 5.49. The van der Waals surface area contributed by atoms with Crippen LogP contribution >= 0.6 is 0 Å². The van der Waals surface area contributed by atoms with Crippen molar-refractivity contribution in [2.24, 2.45) is 11.5 Å². The van der Waals surface area contributed by atoms with Crippen LogP contribution in [-0.4, -0.2) is 13.0 Å². The number of hydrogen-bond donors (Lipinski definition) is 2. The molecule has 0 saturated carbocycles. The fourth-order valence-corrected chi connectivity index (χ4v) is 1.17. The van der Waals surface area contributed by atoms with E-state index in [1.165, 1.54) is 6.92 Å². The highest BCUT2D eigenvalue weighted by atomic mass is 32.2. The zero-order chi connectivity index (χ0) is 8.36. The van der Waals surface area contributed by atoms with Crippen LogP contribution in [0.15, 0.2) is 10.7 Å². The third-order valence-corrected chi connectivity index (χ3v) is 2.07. The molecule has 6 heteroatoms. The maximum Gasteiger partial charge on any atom is 0.124 e. The van der Waals surface area contributed by atoms with Crippen molar-refractivity contribution in [3.63, 3.8) is 0 Å². The van der Waals surface area contributed by atoms with Gasteiger partial charge in [0.2, 0.25) is 0 Å². The van der Waals surface area contributed by atoms with Gasteiger partial charge in [-0.05, 0) is 6.42 Å². The van der Waals surface area contributed by atoms with E-state index in [-0.39, 0.29) is 6.42 Å². The van der Waals surface area contributed by atoms with Gasteiger partial charge < -0.3 is 16.0 Å². The topological polar surface area (TPSA) is 109 Å². The monoisotopic (exact) mass is 165 g/mol. The molecule has 0 aliphatic heterocycles. The molecule has 60 valence electrons. The lowest BCUT2D eigenvalue weighted by Crippen LogP contribution is -2.17. The summed E-state index contributed by atoms with van der Waals surface area (Å²) in [7, 11) is -4.43. The average molecular weight is 165 g/mol. The van der Waals surface area contributed by atoms with Crippen LogP contribution in [0.2, 0.25) is 0 Å². The molecule has 0 heterocycles. The van der Waals surface area contributed by atoms with E-state index >= 15 is 0 Å². The smallest absolute Gasteiger partial charge is 0.124 e. The van der Waals surface area contributed by atoms with E-state index in [4.69, 9.17) is 11.5 Å². The van der Waals surface area contributed by atoms with E-state index in [2.05, 4.69) is 0 Å². The summed E-state index contributed by atoms with van der Waals surface area (Å²) in [4.78, 5) is -0.437. The Morgan fingerprint density at radius 1 is 1.50 bits per heavy atom. The molecule has 5 nitrogen and oxygen atoms in total. The molecular formula is C4H9N2O3S-. The molecule has 0 spiro atoms. The quantitative estimate of drug-likeness (QED) is 0.511. The van der Waals surface area contributed by atoms with Crippen LogP contribution < -0.4 is 11.5 Å². The lowest BCUT2D eigenvalue weighted by Gasteiger charge is -2.10. The van der Waals surface area contributed by atoms with Crippen molar-refractivity contribution in [3.05, 3.63) is 10.7 Å². The maximum absolute atomic E-state index is 10.2. The Hall–Kier alpha value is -0.750. The Morgan fingerprint density at radius 2 is 1.90 bits per heavy atom. The average Bonchev–Trinajstić information content (AvgIpc) is 1.60. The van der Waals surface area contributed by atoms with Crippen LogP contribution in [0.25, 0.3) is 0 Å². The first-order chi connectivity index (χ1) is 4.39. The molecule has 0 aromatic rings. The second-order valence-electron chi connectivity index (χ2n) is 1.69. The standard InChI is InChI=1S/C4H10N2O3S/c1-2-3(4(5)6)10(7,8)9/h2,5-6H2,1H3,(H,7,8,9)/p-1. The van der Waals surface area contributed by atoms with Crippen molar-refractivity contribution >= 4 is 10.1 Å². The second kappa shape index (κ2) is 2.89. The summed E-state index contributed by atoms with van der Waals surface area (Å²) in [6.07, 6.45) is 0.0359. The highest BCUT2D eigenvalue weighted by Crippen LogP contribution is 2.07. The van der Waals surface area contributed by atoms with E-state index in [9.17, 15) is 13.0 Å². The molecule has 0 unspecified atom stereocenters. The fourth-order valence-electron chi connectivity index (χ4n) is 0.525. The molecular weight excluding hydrogens is 156 g/mol. The van der Waals surface area contributed by atoms with Gasteiger partial charge in [0, 0.05) is 0 Å². The Balaban J connectivity index is 4.93. The molecule has 0 radical (unpaired) electrons. The van der Waals surface area contributed by atoms with Crippen LogP contribution in [0.5, 0.6) is 0 Å². The summed E-state index contributed by atoms with van der Waals surface area (Å²) < 4.78 is 30.7. The van der Waals surface area contributed by atoms with E-state index in [0.29, 0.717) is 0 Å². The van der Waals surface area contributed by atoms with Gasteiger partial charge in [0.25, 0.3) is 0 Å². The molecule has 0 atom stereocenters. The van der Waals surface area contributed by atoms with Gasteiger partial charge in [-0.15, -0.1) is 0 Å². The fraction of sp³-hybridized carbons (Fsp3) is 0.500. The summed E-state index contributed by atoms with van der Waals surface area (Å²) in [6.45, 7) is 1.49. The van der Waals surface area contributed by atoms with Crippen LogP contribution in [0.3, 0.4) is 0 Å². The number of hydrogen-bond acceptors (Lipinski definition) is 5. The van der Waals surface area contributed by atoms with Crippen LogP contribution in [0, 0.1) is 0 Å². The molecule has 0 bridgehead atoms. The lowest BCUT2D eigenvalue weighted by molar-refractivity contribution is 0.468. The minimum atomic E-state index is -4.43. The highest BCUT2D eigenvalue weighted by molar-refractivity contribution is 7.89. The highest BCUT2D eigenvalue weighted by Gasteiger charge is 2.05. The first-order valence-electron chi connectivity index (χ1n) is 2.59. The van der Waals surface area contributed by atoms with Gasteiger partial charge in [0.1, 0.15) is 15.9 Å². The summed E-state index contributed by atoms with van der Waals surface area (Å²) >= 11 is 0. The second-order valence-corrected chi connectivity index (χ2v) is 3.09. The predicted molar refractivity (Wildman–Crippen MR) is 35.4 cm³/mol. The van der Waals surface area contributed by atoms with Gasteiger partial charge in [-0.2, -0.15) is 0 Å². The van der Waals surface area contributed by atoms with Crippen molar-refractivity contribution in [3.8, 4) is 0 Å². The molecule has 0 saturated heterocycles. The Bertz CT molecular complexity index is 237. The minimum Gasteiger partial charge on any atom is -0.744 e. The minimum absolute atomic E-state index is 0.0359. The van der Waals surface area contributed by atoms with Gasteiger partial charge in [-0.25, -0.2) is 8.42 Å². The predicted octanol–water partition coefficient (Wildman–Crippen LogP) is -0.972. The van der Waals surface area contributed by atoms with Gasteiger partial charge in [0.05, 0.1) is 4.91 Å². The van der Waals surface area contributed by atoms with Crippen LogP contribution in [0.4, 0.5) is 0 Å². The third kappa shape index (κ3) is 2.24. The van der Waals surface area contributed by atoms with E-state index in [1.807, 2.05) is 0 Å². The van der Waals surface area contributed by atoms with Crippen molar-refractivity contribution in [1.82, 2.24) is 0 Å². The molecule has 0 aromatic heterocycles. The third-order valence-electron chi connectivity index (χ3n) is 0.945. The Kier molecular flexibility index (Phi) is 2.67. The first kappa shape index (κ1) is 9.25. The van der Waals surface area contributed by atoms with Crippen molar-refractivity contribution in [2.75, 3.05) is 0 Å². The summed E-state index contributed by atoms with van der Waals surface area (Å²) in [6, 6.07) is 0. The van der Waals surface area contributed by atoms with Crippen molar-refractivity contribution in [1.29, 1.82) is 0 Å². The Morgan fingerprint density at radius 3 is 1.90 bits per heavy atom. The number of nitrogens with two attached hydrogens (primary N) is 2. The first-order valence-corrected chi connectivity index (χ1v) is 4.00. The molecule has 0 aliphatic rings. The molecule has 0 amide bonds. The van der Waals surface area contributed by atoms with E-state index < -0.39 is 20.8 Å². The van der Waals surface area contributed by atoms with Gasteiger partial charge in [0.15, 0.2) is 0 Å². The molecule has 0 rings (SSSR count). The van der Waals surface area contributed by atoms with Gasteiger partial charge in [-0.3, -0.25) is 0 Å². The van der Waals surface area contributed by atoms with Crippen molar-refractivity contribution < 1.29 is 13.0 Å². The SMILES string of the molecule is CCC(=C(N)N)S(=O)(=O)[O-]. The molecule has 0 fully saturated rings. The summed E-state index contributed by atoms with van der Waals surface area (Å²) in [5.74, 6) is -0.419. The zero-order valence-corrected chi connectivity index (χ0v) is 6.31. The van der Waals surface area contributed by atoms with Crippen LogP contribution in [-0.2, 0) is 10.1 Å². The number of rotatable bonds is 2. The van der Waals surface area contributed by atoms with Crippen molar-refractivity contribution in [2.45, 2.75) is 13.3 Å². The summed E-state index contributed by atoms with van der Waals surface area (Å²) in [5.41, 5.74) is 9.82. The number of allylic oxidation sites excluding steroid dienone is 1. The van der Waals surface area contributed by atoms with E-state index in [1.54, 1.807) is 0 Å². The molecule has 0 aromatic carbocycles. The van der Waals surface area contributed by atoms with Gasteiger partial charge >= 0.3 is 0 Å². The Labute approximate surface area is 59.5 Å². The molecule has 0 aliphatic carbocycles. The molecule has 10 heavy (non-hydrogen) atoms. The molecule has 4 N–H and O–H groups in total. The van der Waals surface area contributed by atoms with Crippen LogP contribution in [0.1, 0.15) is 13.3 Å².